The maximum atomic E-state index is 13.1. The largest absolute Gasteiger partial charge is 0.395 e. The van der Waals surface area contributed by atoms with E-state index < -0.39 is 0 Å². The van der Waals surface area contributed by atoms with Crippen LogP contribution in [0.2, 0.25) is 0 Å². The zero-order valence-electron chi connectivity index (χ0n) is 15.3. The van der Waals surface area contributed by atoms with E-state index in [-0.39, 0.29) is 24.8 Å². The van der Waals surface area contributed by atoms with Crippen molar-refractivity contribution in [1.82, 2.24) is 9.88 Å². The molecule has 0 bridgehead atoms. The van der Waals surface area contributed by atoms with Crippen LogP contribution >= 0.6 is 0 Å². The molecule has 138 valence electrons. The first kappa shape index (κ1) is 18.7. The number of aliphatic hydroxyl groups is 1. The molecule has 3 aromatic rings. The highest BCUT2D eigenvalue weighted by Crippen LogP contribution is 2.19. The Morgan fingerprint density at radius 2 is 1.70 bits per heavy atom. The van der Waals surface area contributed by atoms with E-state index in [2.05, 4.69) is 4.98 Å². The number of aliphatic hydroxyl groups excluding tert-OH is 1. The van der Waals surface area contributed by atoms with E-state index >= 15 is 0 Å². The molecule has 1 amide bonds. The quantitative estimate of drug-likeness (QED) is 0.701. The second-order valence-electron chi connectivity index (χ2n) is 6.53. The van der Waals surface area contributed by atoms with Crippen LogP contribution in [0.1, 0.15) is 28.4 Å². The summed E-state index contributed by atoms with van der Waals surface area (Å²) in [5.41, 5.74) is 3.07. The highest BCUT2D eigenvalue weighted by Gasteiger charge is 2.18. The van der Waals surface area contributed by atoms with Gasteiger partial charge in [-0.05, 0) is 30.2 Å². The summed E-state index contributed by atoms with van der Waals surface area (Å²) in [5, 5.41) is 10.3. The van der Waals surface area contributed by atoms with Crippen LogP contribution in [-0.4, -0.2) is 39.8 Å². The van der Waals surface area contributed by atoms with E-state index in [4.69, 9.17) is 0 Å². The molecule has 5 heteroatoms. The Hall–Kier alpha value is -3.05. The standard InChI is InChI=1S/C22H22N2O3/c1-16(26)14-17-7-9-18(10-8-17)15-24(12-13-25)22(27)20-6-2-4-19-5-3-11-23-21(19)20/h2-11,25H,12-15H2,1H3. The van der Waals surface area contributed by atoms with Crippen molar-refractivity contribution in [2.45, 2.75) is 19.9 Å². The third-order valence-electron chi connectivity index (χ3n) is 4.37. The minimum absolute atomic E-state index is 0.114. The number of pyridine rings is 1. The van der Waals surface area contributed by atoms with Gasteiger partial charge in [0, 0.05) is 31.1 Å². The second-order valence-corrected chi connectivity index (χ2v) is 6.53. The van der Waals surface area contributed by atoms with E-state index in [0.29, 0.717) is 24.0 Å². The van der Waals surface area contributed by atoms with Crippen molar-refractivity contribution in [2.75, 3.05) is 13.2 Å². The van der Waals surface area contributed by atoms with E-state index in [1.807, 2.05) is 48.5 Å². The van der Waals surface area contributed by atoms with Gasteiger partial charge in [-0.25, -0.2) is 0 Å². The van der Waals surface area contributed by atoms with Crippen molar-refractivity contribution < 1.29 is 14.7 Å². The van der Waals surface area contributed by atoms with Gasteiger partial charge >= 0.3 is 0 Å². The summed E-state index contributed by atoms with van der Waals surface area (Å²) >= 11 is 0. The van der Waals surface area contributed by atoms with Crippen LogP contribution in [0.25, 0.3) is 10.9 Å². The number of Topliss-reactive ketones (excluding diaryl/α,β-unsaturated/α-hetero) is 1. The molecule has 0 saturated carbocycles. The zero-order valence-corrected chi connectivity index (χ0v) is 15.3. The van der Waals surface area contributed by atoms with Gasteiger partial charge in [-0.3, -0.25) is 14.6 Å². The lowest BCUT2D eigenvalue weighted by atomic mass is 10.1. The number of amides is 1. The summed E-state index contributed by atoms with van der Waals surface area (Å²) in [6, 6.07) is 16.9. The fourth-order valence-corrected chi connectivity index (χ4v) is 3.09. The first-order chi connectivity index (χ1) is 13.1. The van der Waals surface area contributed by atoms with E-state index in [0.717, 1.165) is 16.5 Å². The molecule has 0 aliphatic carbocycles. The molecule has 0 aliphatic heterocycles. The van der Waals surface area contributed by atoms with Crippen molar-refractivity contribution in [3.05, 3.63) is 77.5 Å². The Labute approximate surface area is 158 Å². The number of hydrogen-bond donors (Lipinski definition) is 1. The number of ketones is 1. The van der Waals surface area contributed by atoms with Crippen molar-refractivity contribution in [3.63, 3.8) is 0 Å². The minimum atomic E-state index is -0.166. The van der Waals surface area contributed by atoms with Gasteiger partial charge in [0.1, 0.15) is 5.78 Å². The summed E-state index contributed by atoms with van der Waals surface area (Å²) in [7, 11) is 0. The Bertz CT molecular complexity index is 946. The van der Waals surface area contributed by atoms with Crippen LogP contribution in [0.3, 0.4) is 0 Å². The molecule has 0 saturated heterocycles. The Morgan fingerprint density at radius 3 is 2.41 bits per heavy atom. The van der Waals surface area contributed by atoms with Crippen molar-refractivity contribution in [3.8, 4) is 0 Å². The van der Waals surface area contributed by atoms with Crippen LogP contribution in [-0.2, 0) is 17.8 Å². The van der Waals surface area contributed by atoms with Crippen LogP contribution in [0.4, 0.5) is 0 Å². The van der Waals surface area contributed by atoms with Crippen molar-refractivity contribution in [2.24, 2.45) is 0 Å². The highest BCUT2D eigenvalue weighted by molar-refractivity contribution is 6.05. The Balaban J connectivity index is 1.84. The monoisotopic (exact) mass is 362 g/mol. The predicted octanol–water partition coefficient (Wildman–Crippen LogP) is 3.00. The number of aromatic nitrogens is 1. The molecule has 0 atom stereocenters. The molecule has 1 heterocycles. The van der Waals surface area contributed by atoms with Gasteiger partial charge in [0.25, 0.3) is 5.91 Å². The molecule has 0 spiro atoms. The summed E-state index contributed by atoms with van der Waals surface area (Å²) in [5.74, 6) is -0.0514. The first-order valence-electron chi connectivity index (χ1n) is 8.89. The predicted molar refractivity (Wildman–Crippen MR) is 104 cm³/mol. The van der Waals surface area contributed by atoms with Crippen LogP contribution in [0, 0.1) is 0 Å². The summed E-state index contributed by atoms with van der Waals surface area (Å²) in [6.07, 6.45) is 2.07. The minimum Gasteiger partial charge on any atom is -0.395 e. The molecule has 1 aromatic heterocycles. The number of nitrogens with zero attached hydrogens (tertiary/aromatic N) is 2. The summed E-state index contributed by atoms with van der Waals surface area (Å²) < 4.78 is 0. The molecule has 0 aliphatic rings. The number of hydrogen-bond acceptors (Lipinski definition) is 4. The van der Waals surface area contributed by atoms with E-state index in [1.165, 1.54) is 0 Å². The molecule has 5 nitrogen and oxygen atoms in total. The normalized spacial score (nSPS) is 10.7. The number of carbonyl (C=O) groups excluding carboxylic acids is 2. The van der Waals surface area contributed by atoms with Crippen LogP contribution in [0.5, 0.6) is 0 Å². The lowest BCUT2D eigenvalue weighted by molar-refractivity contribution is -0.116. The topological polar surface area (TPSA) is 70.5 Å². The molecule has 0 radical (unpaired) electrons. The number of benzene rings is 2. The molecule has 2 aromatic carbocycles. The smallest absolute Gasteiger partial charge is 0.256 e. The number of fused-ring (bicyclic) bond motifs is 1. The Kier molecular flexibility index (Phi) is 5.94. The van der Waals surface area contributed by atoms with Crippen LogP contribution in [0.15, 0.2) is 60.8 Å². The van der Waals surface area contributed by atoms with Gasteiger partial charge in [-0.1, -0.05) is 42.5 Å². The number of carbonyl (C=O) groups is 2. The molecule has 3 rings (SSSR count). The fraction of sp³-hybridized carbons (Fsp3) is 0.227. The van der Waals surface area contributed by atoms with Gasteiger partial charge in [0.2, 0.25) is 0 Å². The average Bonchev–Trinajstić information content (AvgIpc) is 2.67. The van der Waals surface area contributed by atoms with E-state index in [1.54, 1.807) is 24.1 Å². The molecular weight excluding hydrogens is 340 g/mol. The lowest BCUT2D eigenvalue weighted by Crippen LogP contribution is -2.33. The van der Waals surface area contributed by atoms with Crippen molar-refractivity contribution >= 4 is 22.6 Å². The van der Waals surface area contributed by atoms with Gasteiger partial charge in [-0.15, -0.1) is 0 Å². The highest BCUT2D eigenvalue weighted by atomic mass is 16.3. The second kappa shape index (κ2) is 8.56. The third-order valence-corrected chi connectivity index (χ3v) is 4.37. The number of para-hydroxylation sites is 1. The number of rotatable bonds is 7. The van der Waals surface area contributed by atoms with Gasteiger partial charge in [0.15, 0.2) is 0 Å². The molecular formula is C22H22N2O3. The van der Waals surface area contributed by atoms with Gasteiger partial charge in [0.05, 0.1) is 17.7 Å². The SMILES string of the molecule is CC(=O)Cc1ccc(CN(CCO)C(=O)c2cccc3cccnc23)cc1. The molecule has 0 fully saturated rings. The Morgan fingerprint density at radius 1 is 1.00 bits per heavy atom. The maximum absolute atomic E-state index is 13.1. The van der Waals surface area contributed by atoms with Crippen molar-refractivity contribution in [1.29, 1.82) is 0 Å². The molecule has 0 unspecified atom stereocenters. The fourth-order valence-electron chi connectivity index (χ4n) is 3.09. The van der Waals surface area contributed by atoms with E-state index in [9.17, 15) is 14.7 Å². The molecule has 27 heavy (non-hydrogen) atoms. The van der Waals surface area contributed by atoms with Gasteiger partial charge < -0.3 is 10.0 Å². The zero-order chi connectivity index (χ0) is 19.2. The average molecular weight is 362 g/mol. The molecule has 1 N–H and O–H groups in total. The first-order valence-corrected chi connectivity index (χ1v) is 8.89. The summed E-state index contributed by atoms with van der Waals surface area (Å²) in [4.78, 5) is 30.3. The summed E-state index contributed by atoms with van der Waals surface area (Å²) in [6.45, 7) is 2.06. The maximum Gasteiger partial charge on any atom is 0.256 e. The van der Waals surface area contributed by atoms with Gasteiger partial charge in [-0.2, -0.15) is 0 Å². The van der Waals surface area contributed by atoms with Crippen LogP contribution < -0.4 is 0 Å². The lowest BCUT2D eigenvalue weighted by Gasteiger charge is -2.22. The third kappa shape index (κ3) is 4.57.